The topological polar surface area (TPSA) is 29.5 Å². The predicted molar refractivity (Wildman–Crippen MR) is 89.7 cm³/mol. The van der Waals surface area contributed by atoms with Crippen LogP contribution < -0.4 is 4.90 Å². The molecule has 1 aromatic rings. The summed E-state index contributed by atoms with van der Waals surface area (Å²) in [6, 6.07) is 6.06. The van der Waals surface area contributed by atoms with Crippen molar-refractivity contribution in [2.75, 3.05) is 18.1 Å². The number of hydrogen-bond donors (Lipinski definition) is 0. The van der Waals surface area contributed by atoms with E-state index < -0.39 is 0 Å². The van der Waals surface area contributed by atoms with Gasteiger partial charge in [-0.25, -0.2) is 0 Å². The predicted octanol–water partition coefficient (Wildman–Crippen LogP) is 4.53. The van der Waals surface area contributed by atoms with Gasteiger partial charge in [0.2, 0.25) is 0 Å². The van der Waals surface area contributed by atoms with E-state index in [2.05, 4.69) is 24.0 Å². The zero-order valence-electron chi connectivity index (χ0n) is 13.4. The van der Waals surface area contributed by atoms with Crippen LogP contribution in [0.1, 0.15) is 57.4 Å². The average Bonchev–Trinajstić information content (AvgIpc) is 2.93. The molecular weight excluding hydrogens is 298 g/mol. The lowest BCUT2D eigenvalue weighted by molar-refractivity contribution is -0.141. The van der Waals surface area contributed by atoms with E-state index in [1.807, 2.05) is 13.0 Å². The first-order valence-electron chi connectivity index (χ1n) is 8.28. The normalized spacial score (nSPS) is 22.7. The molecule has 0 bridgehead atoms. The molecule has 1 fully saturated rings. The Balaban J connectivity index is 2.00. The van der Waals surface area contributed by atoms with E-state index >= 15 is 0 Å². The third kappa shape index (κ3) is 2.71. The molecule has 3 nitrogen and oxygen atoms in total. The van der Waals surface area contributed by atoms with Crippen LogP contribution in [0.4, 0.5) is 5.69 Å². The molecule has 1 atom stereocenters. The van der Waals surface area contributed by atoms with Crippen molar-refractivity contribution in [3.05, 3.63) is 28.8 Å². The van der Waals surface area contributed by atoms with Gasteiger partial charge in [-0.15, -0.1) is 0 Å². The van der Waals surface area contributed by atoms with Gasteiger partial charge in [0.25, 0.3) is 0 Å². The summed E-state index contributed by atoms with van der Waals surface area (Å²) in [6.45, 7) is 4.91. The maximum Gasteiger partial charge on any atom is 0.325 e. The van der Waals surface area contributed by atoms with Gasteiger partial charge in [-0.2, -0.15) is 0 Å². The largest absolute Gasteiger partial charge is 0.465 e. The molecule has 0 saturated heterocycles. The second kappa shape index (κ2) is 6.11. The second-order valence-corrected chi connectivity index (χ2v) is 7.07. The molecule has 1 saturated carbocycles. The Morgan fingerprint density at radius 2 is 2.14 bits per heavy atom. The van der Waals surface area contributed by atoms with Crippen LogP contribution in [0.3, 0.4) is 0 Å². The molecule has 0 radical (unpaired) electrons. The molecule has 1 aromatic carbocycles. The highest BCUT2D eigenvalue weighted by molar-refractivity contribution is 6.30. The van der Waals surface area contributed by atoms with Gasteiger partial charge in [0, 0.05) is 16.2 Å². The first-order chi connectivity index (χ1) is 10.6. The molecule has 3 rings (SSSR count). The van der Waals surface area contributed by atoms with Crippen LogP contribution in [0.2, 0.25) is 5.02 Å². The van der Waals surface area contributed by atoms with Crippen molar-refractivity contribution in [2.24, 2.45) is 0 Å². The van der Waals surface area contributed by atoms with Gasteiger partial charge >= 0.3 is 5.97 Å². The molecule has 1 aliphatic heterocycles. The maximum absolute atomic E-state index is 12.1. The van der Waals surface area contributed by atoms with E-state index in [1.54, 1.807) is 0 Å². The molecular formula is C18H24ClNO2. The van der Waals surface area contributed by atoms with E-state index in [-0.39, 0.29) is 11.5 Å². The van der Waals surface area contributed by atoms with E-state index in [0.717, 1.165) is 17.1 Å². The summed E-state index contributed by atoms with van der Waals surface area (Å²) < 4.78 is 5.21. The number of esters is 1. The van der Waals surface area contributed by atoms with Crippen LogP contribution in [0.15, 0.2) is 18.2 Å². The van der Waals surface area contributed by atoms with Gasteiger partial charge < -0.3 is 9.64 Å². The molecule has 2 aliphatic rings. The van der Waals surface area contributed by atoms with Gasteiger partial charge in [-0.3, -0.25) is 4.79 Å². The second-order valence-electron chi connectivity index (χ2n) is 6.63. The minimum atomic E-state index is -0.135. The molecule has 4 heteroatoms. The first-order valence-corrected chi connectivity index (χ1v) is 8.66. The Kier molecular flexibility index (Phi) is 4.35. The van der Waals surface area contributed by atoms with Crippen LogP contribution in [0, 0.1) is 0 Å². The zero-order chi connectivity index (χ0) is 15.7. The molecule has 0 aromatic heterocycles. The molecule has 1 heterocycles. The van der Waals surface area contributed by atoms with Crippen molar-refractivity contribution in [1.82, 2.24) is 0 Å². The first kappa shape index (κ1) is 15.7. The number of hydrogen-bond acceptors (Lipinski definition) is 3. The Labute approximate surface area is 137 Å². The number of carbonyl (C=O) groups excluding carboxylic acids is 1. The van der Waals surface area contributed by atoms with Gasteiger partial charge in [-0.1, -0.05) is 31.4 Å². The molecule has 120 valence electrons. The molecule has 1 unspecified atom stereocenters. The lowest BCUT2D eigenvalue weighted by atomic mass is 9.77. The SMILES string of the molecule is CCOC(=O)CN1c2ccc(Cl)cc2C(C)CC12CCCC2. The Bertz CT molecular complexity index is 566. The zero-order valence-corrected chi connectivity index (χ0v) is 14.2. The minimum Gasteiger partial charge on any atom is -0.465 e. The van der Waals surface area contributed by atoms with Gasteiger partial charge in [0.15, 0.2) is 0 Å². The van der Waals surface area contributed by atoms with Gasteiger partial charge in [-0.05, 0) is 55.9 Å². The van der Waals surface area contributed by atoms with Crippen molar-refractivity contribution in [2.45, 2.75) is 57.4 Å². The summed E-state index contributed by atoms with van der Waals surface area (Å²) in [5.41, 5.74) is 2.54. The number of ether oxygens (including phenoxy) is 1. The Morgan fingerprint density at radius 1 is 1.41 bits per heavy atom. The number of anilines is 1. The van der Waals surface area contributed by atoms with Crippen molar-refractivity contribution in [1.29, 1.82) is 0 Å². The quantitative estimate of drug-likeness (QED) is 0.766. The number of nitrogens with zero attached hydrogens (tertiary/aromatic N) is 1. The van der Waals surface area contributed by atoms with Gasteiger partial charge in [0.1, 0.15) is 6.54 Å². The van der Waals surface area contributed by atoms with Crippen LogP contribution in [-0.2, 0) is 9.53 Å². The van der Waals surface area contributed by atoms with Gasteiger partial charge in [0.05, 0.1) is 6.61 Å². The number of fused-ring (bicyclic) bond motifs is 1. The molecule has 0 amide bonds. The van der Waals surface area contributed by atoms with E-state index in [1.165, 1.54) is 31.2 Å². The number of benzene rings is 1. The highest BCUT2D eigenvalue weighted by atomic mass is 35.5. The summed E-state index contributed by atoms with van der Waals surface area (Å²) in [7, 11) is 0. The lowest BCUT2D eigenvalue weighted by Gasteiger charge is -2.49. The van der Waals surface area contributed by atoms with E-state index in [0.29, 0.717) is 19.1 Å². The smallest absolute Gasteiger partial charge is 0.325 e. The highest BCUT2D eigenvalue weighted by Crippen LogP contribution is 2.50. The summed E-state index contributed by atoms with van der Waals surface area (Å²) in [4.78, 5) is 14.4. The van der Waals surface area contributed by atoms with E-state index in [9.17, 15) is 4.79 Å². The fraction of sp³-hybridized carbons (Fsp3) is 0.611. The maximum atomic E-state index is 12.1. The fourth-order valence-corrected chi connectivity index (χ4v) is 4.49. The van der Waals surface area contributed by atoms with Crippen molar-refractivity contribution in [3.8, 4) is 0 Å². The third-order valence-corrected chi connectivity index (χ3v) is 5.43. The summed E-state index contributed by atoms with van der Waals surface area (Å²) >= 11 is 6.19. The van der Waals surface area contributed by atoms with Crippen molar-refractivity contribution < 1.29 is 9.53 Å². The van der Waals surface area contributed by atoms with Crippen LogP contribution in [0.5, 0.6) is 0 Å². The third-order valence-electron chi connectivity index (χ3n) is 5.20. The van der Waals surface area contributed by atoms with Crippen LogP contribution >= 0.6 is 11.6 Å². The summed E-state index contributed by atoms with van der Waals surface area (Å²) in [5, 5.41) is 0.768. The molecule has 1 aliphatic carbocycles. The summed E-state index contributed by atoms with van der Waals surface area (Å²) in [6.07, 6.45) is 5.92. The van der Waals surface area contributed by atoms with Crippen LogP contribution in [0.25, 0.3) is 0 Å². The van der Waals surface area contributed by atoms with E-state index in [4.69, 9.17) is 16.3 Å². The number of halogens is 1. The monoisotopic (exact) mass is 321 g/mol. The van der Waals surface area contributed by atoms with Crippen molar-refractivity contribution >= 4 is 23.3 Å². The Hall–Kier alpha value is -1.22. The highest BCUT2D eigenvalue weighted by Gasteiger charge is 2.45. The molecule has 1 spiro atoms. The average molecular weight is 322 g/mol. The fourth-order valence-electron chi connectivity index (χ4n) is 4.31. The Morgan fingerprint density at radius 3 is 2.82 bits per heavy atom. The van der Waals surface area contributed by atoms with Crippen molar-refractivity contribution in [3.63, 3.8) is 0 Å². The molecule has 22 heavy (non-hydrogen) atoms. The lowest BCUT2D eigenvalue weighted by Crippen LogP contribution is -2.53. The number of carbonyl (C=O) groups is 1. The number of rotatable bonds is 3. The summed E-state index contributed by atoms with van der Waals surface area (Å²) in [5.74, 6) is 0.342. The minimum absolute atomic E-state index is 0.118. The molecule has 0 N–H and O–H groups in total. The van der Waals surface area contributed by atoms with Crippen LogP contribution in [-0.4, -0.2) is 24.7 Å². The standard InChI is InChI=1S/C18H24ClNO2/c1-3-22-17(21)12-20-16-7-6-14(19)10-15(16)13(2)11-18(20)8-4-5-9-18/h6-7,10,13H,3-5,8-9,11-12H2,1-2H3.